The van der Waals surface area contributed by atoms with E-state index >= 15 is 0 Å². The Balaban J connectivity index is 2.60. The van der Waals surface area contributed by atoms with Gasteiger partial charge in [0.15, 0.2) is 0 Å². The lowest BCUT2D eigenvalue weighted by atomic mass is 10.1. The molecular weight excluding hydrogens is 223 g/mol. The zero-order valence-corrected chi connectivity index (χ0v) is 7.94. The van der Waals surface area contributed by atoms with E-state index in [9.17, 15) is 9.50 Å². The van der Waals surface area contributed by atoms with Crippen molar-refractivity contribution in [2.24, 2.45) is 0 Å². The third kappa shape index (κ3) is 1.08. The highest BCUT2D eigenvalue weighted by Gasteiger charge is 2.23. The summed E-state index contributed by atoms with van der Waals surface area (Å²) in [6.45, 7) is 0. The maximum atomic E-state index is 13.0. The van der Waals surface area contributed by atoms with Gasteiger partial charge in [-0.2, -0.15) is 0 Å². The first-order chi connectivity index (χ1) is 5.70. The van der Waals surface area contributed by atoms with Gasteiger partial charge < -0.3 is 5.11 Å². The molecule has 1 aromatic carbocycles. The van der Waals surface area contributed by atoms with E-state index < -0.39 is 6.10 Å². The van der Waals surface area contributed by atoms with Crippen molar-refractivity contribution in [3.63, 3.8) is 0 Å². The van der Waals surface area contributed by atoms with Gasteiger partial charge in [0, 0.05) is 0 Å². The molecule has 2 rings (SSSR count). The summed E-state index contributed by atoms with van der Waals surface area (Å²) in [4.78, 5) is 0. The average Bonchev–Trinajstić information content (AvgIpc) is 2.41. The Morgan fingerprint density at radius 3 is 3.00 bits per heavy atom. The quantitative estimate of drug-likeness (QED) is 0.727. The lowest BCUT2D eigenvalue weighted by molar-refractivity contribution is 0.180. The van der Waals surface area contributed by atoms with E-state index in [2.05, 4.69) is 15.9 Å². The standard InChI is InChI=1S/C9H8BrFO/c10-9-6-2-4-8(12)5(6)1-3-7(9)11/h1,3,8,12H,2,4H2/t8-/m0/s1. The predicted molar refractivity (Wildman–Crippen MR) is 47.4 cm³/mol. The number of hydrogen-bond donors (Lipinski definition) is 1. The van der Waals surface area contributed by atoms with Gasteiger partial charge >= 0.3 is 0 Å². The van der Waals surface area contributed by atoms with Crippen LogP contribution in [0.15, 0.2) is 16.6 Å². The molecule has 0 aromatic heterocycles. The number of fused-ring (bicyclic) bond motifs is 1. The number of hydrogen-bond acceptors (Lipinski definition) is 1. The van der Waals surface area contributed by atoms with Crippen LogP contribution in [0.2, 0.25) is 0 Å². The molecule has 1 atom stereocenters. The molecule has 1 aromatic rings. The second-order valence-electron chi connectivity index (χ2n) is 2.98. The monoisotopic (exact) mass is 230 g/mol. The first-order valence-electron chi connectivity index (χ1n) is 3.85. The molecule has 64 valence electrons. The fourth-order valence-corrected chi connectivity index (χ4v) is 2.17. The van der Waals surface area contributed by atoms with Crippen molar-refractivity contribution in [2.45, 2.75) is 18.9 Å². The molecule has 0 unspecified atom stereocenters. The minimum absolute atomic E-state index is 0.247. The molecule has 0 saturated carbocycles. The molecular formula is C9H8BrFO. The predicted octanol–water partition coefficient (Wildman–Crippen LogP) is 2.57. The lowest BCUT2D eigenvalue weighted by Gasteiger charge is -2.04. The minimum Gasteiger partial charge on any atom is -0.388 e. The first kappa shape index (κ1) is 8.20. The van der Waals surface area contributed by atoms with Crippen molar-refractivity contribution >= 4 is 15.9 Å². The van der Waals surface area contributed by atoms with Crippen LogP contribution in [0.1, 0.15) is 23.7 Å². The van der Waals surface area contributed by atoms with E-state index in [1.165, 1.54) is 6.07 Å². The van der Waals surface area contributed by atoms with Gasteiger partial charge in [-0.1, -0.05) is 6.07 Å². The van der Waals surface area contributed by atoms with Crippen LogP contribution in [-0.2, 0) is 6.42 Å². The normalized spacial score (nSPS) is 21.1. The lowest BCUT2D eigenvalue weighted by Crippen LogP contribution is -1.91. The summed E-state index contributed by atoms with van der Waals surface area (Å²) < 4.78 is 13.5. The summed E-state index contributed by atoms with van der Waals surface area (Å²) in [6.07, 6.45) is 1.06. The summed E-state index contributed by atoms with van der Waals surface area (Å²) in [7, 11) is 0. The third-order valence-corrected chi connectivity index (χ3v) is 3.12. The van der Waals surface area contributed by atoms with Crippen LogP contribution in [0.5, 0.6) is 0 Å². The van der Waals surface area contributed by atoms with E-state index in [0.717, 1.165) is 17.5 Å². The maximum absolute atomic E-state index is 13.0. The van der Waals surface area contributed by atoms with Crippen molar-refractivity contribution in [3.8, 4) is 0 Å². The van der Waals surface area contributed by atoms with Gasteiger partial charge in [0.25, 0.3) is 0 Å². The summed E-state index contributed by atoms with van der Waals surface area (Å²) in [5, 5.41) is 9.45. The van der Waals surface area contributed by atoms with Gasteiger partial charge in [0.2, 0.25) is 0 Å². The van der Waals surface area contributed by atoms with Crippen LogP contribution in [0, 0.1) is 5.82 Å². The molecule has 0 amide bonds. The summed E-state index contributed by atoms with van der Waals surface area (Å²) in [6, 6.07) is 3.05. The van der Waals surface area contributed by atoms with Crippen molar-refractivity contribution in [1.82, 2.24) is 0 Å². The third-order valence-electron chi connectivity index (χ3n) is 2.26. The van der Waals surface area contributed by atoms with Crippen molar-refractivity contribution < 1.29 is 9.50 Å². The SMILES string of the molecule is O[C@H]1CCc2c1ccc(F)c2Br. The zero-order chi connectivity index (χ0) is 8.72. The Hall–Kier alpha value is -0.410. The highest BCUT2D eigenvalue weighted by atomic mass is 79.9. The van der Waals surface area contributed by atoms with Crippen LogP contribution < -0.4 is 0 Å². The van der Waals surface area contributed by atoms with Crippen LogP contribution >= 0.6 is 15.9 Å². The van der Waals surface area contributed by atoms with Gasteiger partial charge in [-0.05, 0) is 46.0 Å². The molecule has 3 heteroatoms. The molecule has 0 heterocycles. The molecule has 1 N–H and O–H groups in total. The minimum atomic E-state index is -0.406. The topological polar surface area (TPSA) is 20.2 Å². The van der Waals surface area contributed by atoms with Crippen molar-refractivity contribution in [3.05, 3.63) is 33.5 Å². The molecule has 1 aliphatic rings. The van der Waals surface area contributed by atoms with Crippen LogP contribution in [0.25, 0.3) is 0 Å². The van der Waals surface area contributed by atoms with E-state index in [-0.39, 0.29) is 5.82 Å². The average molecular weight is 231 g/mol. The van der Waals surface area contributed by atoms with Gasteiger partial charge in [-0.3, -0.25) is 0 Å². The highest BCUT2D eigenvalue weighted by molar-refractivity contribution is 9.10. The van der Waals surface area contributed by atoms with E-state index in [1.54, 1.807) is 6.07 Å². The first-order valence-corrected chi connectivity index (χ1v) is 4.64. The number of benzene rings is 1. The van der Waals surface area contributed by atoms with E-state index in [0.29, 0.717) is 10.9 Å². The van der Waals surface area contributed by atoms with Crippen molar-refractivity contribution in [2.75, 3.05) is 0 Å². The molecule has 12 heavy (non-hydrogen) atoms. The summed E-state index contributed by atoms with van der Waals surface area (Å²) in [5.41, 5.74) is 1.78. The Kier molecular flexibility index (Phi) is 1.93. The van der Waals surface area contributed by atoms with Crippen LogP contribution in [0.3, 0.4) is 0 Å². The second kappa shape index (κ2) is 2.82. The maximum Gasteiger partial charge on any atom is 0.137 e. The molecule has 1 aliphatic carbocycles. The Morgan fingerprint density at radius 2 is 2.25 bits per heavy atom. The fourth-order valence-electron chi connectivity index (χ4n) is 1.61. The molecule has 0 aliphatic heterocycles. The molecule has 0 saturated heterocycles. The zero-order valence-electron chi connectivity index (χ0n) is 6.35. The highest BCUT2D eigenvalue weighted by Crippen LogP contribution is 2.36. The summed E-state index contributed by atoms with van der Waals surface area (Å²) in [5.74, 6) is -0.247. The Labute approximate surface area is 78.3 Å². The smallest absolute Gasteiger partial charge is 0.137 e. The fraction of sp³-hybridized carbons (Fsp3) is 0.333. The van der Waals surface area contributed by atoms with Gasteiger partial charge in [0.05, 0.1) is 10.6 Å². The number of rotatable bonds is 0. The van der Waals surface area contributed by atoms with Crippen LogP contribution in [-0.4, -0.2) is 5.11 Å². The number of halogens is 2. The summed E-state index contributed by atoms with van der Waals surface area (Å²) >= 11 is 3.17. The number of aliphatic hydroxyl groups excluding tert-OH is 1. The van der Waals surface area contributed by atoms with Crippen LogP contribution in [0.4, 0.5) is 4.39 Å². The Bertz CT molecular complexity index is 325. The molecule has 0 radical (unpaired) electrons. The Morgan fingerprint density at radius 1 is 1.50 bits per heavy atom. The molecule has 0 bridgehead atoms. The molecule has 0 spiro atoms. The van der Waals surface area contributed by atoms with Gasteiger partial charge in [-0.25, -0.2) is 4.39 Å². The largest absolute Gasteiger partial charge is 0.388 e. The number of aliphatic hydroxyl groups is 1. The molecule has 1 nitrogen and oxygen atoms in total. The van der Waals surface area contributed by atoms with E-state index in [4.69, 9.17) is 0 Å². The van der Waals surface area contributed by atoms with Gasteiger partial charge in [-0.15, -0.1) is 0 Å². The molecule has 0 fully saturated rings. The van der Waals surface area contributed by atoms with E-state index in [1.807, 2.05) is 0 Å². The second-order valence-corrected chi connectivity index (χ2v) is 3.78. The van der Waals surface area contributed by atoms with Gasteiger partial charge in [0.1, 0.15) is 5.82 Å². The van der Waals surface area contributed by atoms with Crippen molar-refractivity contribution in [1.29, 1.82) is 0 Å².